The molecule has 1 heterocycles. The highest BCUT2D eigenvalue weighted by molar-refractivity contribution is 5.13. The van der Waals surface area contributed by atoms with Crippen molar-refractivity contribution in [3.05, 3.63) is 24.3 Å². The molecule has 0 bridgehead atoms. The van der Waals surface area contributed by atoms with E-state index in [2.05, 4.69) is 9.97 Å². The topological polar surface area (TPSA) is 25.8 Å². The maximum atomic E-state index is 7.48. The molecule has 1 rings (SSSR count). The van der Waals surface area contributed by atoms with E-state index in [1.807, 2.05) is 20.8 Å². The first kappa shape index (κ1) is 5.83. The Labute approximate surface area is 62.7 Å². The summed E-state index contributed by atoms with van der Waals surface area (Å²) < 4.78 is 7.48. The van der Waals surface area contributed by atoms with E-state index < -0.39 is 0 Å². The third-order valence-electron chi connectivity index (χ3n) is 1.32. The Morgan fingerprint density at radius 1 is 1.40 bits per heavy atom. The molecule has 0 aliphatic rings. The maximum absolute atomic E-state index is 7.48. The van der Waals surface area contributed by atoms with Crippen molar-refractivity contribution in [1.82, 2.24) is 9.97 Å². The van der Waals surface area contributed by atoms with Gasteiger partial charge in [0.15, 0.2) is 0 Å². The van der Waals surface area contributed by atoms with Gasteiger partial charge in [0.05, 0.1) is 1.37 Å². The zero-order chi connectivity index (χ0) is 8.48. The van der Waals surface area contributed by atoms with Crippen LogP contribution in [0.5, 0.6) is 0 Å². The molecule has 1 aromatic heterocycles. The Balaban J connectivity index is 3.14. The predicted octanol–water partition coefficient (Wildman–Crippen LogP) is 1.77. The first-order chi connectivity index (χ1) is 5.02. The number of hydrogen-bond acceptors (Lipinski definition) is 2. The van der Waals surface area contributed by atoms with E-state index in [1.165, 1.54) is 6.33 Å². The van der Waals surface area contributed by atoms with Crippen molar-refractivity contribution < 1.29 is 1.37 Å². The molecule has 0 unspecified atom stereocenters. The van der Waals surface area contributed by atoms with Crippen molar-refractivity contribution in [3.8, 4) is 0 Å². The lowest BCUT2D eigenvalue weighted by molar-refractivity contribution is 0.584. The molecule has 0 aromatic carbocycles. The van der Waals surface area contributed by atoms with Gasteiger partial charge in [-0.1, -0.05) is 20.8 Å². The summed E-state index contributed by atoms with van der Waals surface area (Å²) in [6.45, 7) is 6.14. The SMILES string of the molecule is [2H]c1ncncc1C(C)(C)C. The van der Waals surface area contributed by atoms with Crippen LogP contribution >= 0.6 is 0 Å². The van der Waals surface area contributed by atoms with Crippen molar-refractivity contribution >= 4 is 0 Å². The molecule has 2 nitrogen and oxygen atoms in total. The summed E-state index contributed by atoms with van der Waals surface area (Å²) in [5.74, 6) is 0. The van der Waals surface area contributed by atoms with Crippen LogP contribution in [0, 0.1) is 0 Å². The number of rotatable bonds is 0. The van der Waals surface area contributed by atoms with Gasteiger partial charge in [-0.25, -0.2) is 9.97 Å². The van der Waals surface area contributed by atoms with Crippen molar-refractivity contribution in [3.63, 3.8) is 0 Å². The Morgan fingerprint density at radius 2 is 2.10 bits per heavy atom. The molecule has 0 fully saturated rings. The zero-order valence-electron chi connectivity index (χ0n) is 7.55. The van der Waals surface area contributed by atoms with Crippen LogP contribution in [0.1, 0.15) is 27.7 Å². The van der Waals surface area contributed by atoms with Crippen LogP contribution in [-0.2, 0) is 5.41 Å². The monoisotopic (exact) mass is 137 g/mol. The van der Waals surface area contributed by atoms with E-state index in [0.29, 0.717) is 6.17 Å². The molecule has 0 saturated carbocycles. The Bertz CT molecular complexity index is 253. The second kappa shape index (κ2) is 2.37. The average Bonchev–Trinajstić information content (AvgIpc) is 1.86. The van der Waals surface area contributed by atoms with Crippen LogP contribution in [0.2, 0.25) is 0 Å². The fraction of sp³-hybridized carbons (Fsp3) is 0.500. The van der Waals surface area contributed by atoms with E-state index in [4.69, 9.17) is 1.37 Å². The molecule has 0 saturated heterocycles. The number of aromatic nitrogens is 2. The Kier molecular flexibility index (Phi) is 1.38. The molecular formula is C8H12N2. The second-order valence-electron chi connectivity index (χ2n) is 3.30. The normalized spacial score (nSPS) is 12.9. The van der Waals surface area contributed by atoms with Crippen LogP contribution < -0.4 is 0 Å². The molecule has 0 spiro atoms. The minimum atomic E-state index is -0.0294. The highest BCUT2D eigenvalue weighted by Crippen LogP contribution is 2.19. The van der Waals surface area contributed by atoms with Gasteiger partial charge in [0.2, 0.25) is 0 Å². The lowest BCUT2D eigenvalue weighted by Crippen LogP contribution is -2.11. The van der Waals surface area contributed by atoms with Gasteiger partial charge in [-0.05, 0) is 11.0 Å². The third kappa shape index (κ3) is 1.53. The molecule has 10 heavy (non-hydrogen) atoms. The van der Waals surface area contributed by atoms with E-state index in [9.17, 15) is 0 Å². The maximum Gasteiger partial charge on any atom is 0.115 e. The summed E-state index contributed by atoms with van der Waals surface area (Å²) in [6, 6.07) is 0. The van der Waals surface area contributed by atoms with Gasteiger partial charge >= 0.3 is 0 Å². The van der Waals surface area contributed by atoms with Crippen molar-refractivity contribution in [2.75, 3.05) is 0 Å². The summed E-state index contributed by atoms with van der Waals surface area (Å²) in [5.41, 5.74) is 0.859. The summed E-state index contributed by atoms with van der Waals surface area (Å²) in [4.78, 5) is 7.68. The lowest BCUT2D eigenvalue weighted by Gasteiger charge is -2.16. The summed E-state index contributed by atoms with van der Waals surface area (Å²) in [6.07, 6.45) is 3.43. The van der Waals surface area contributed by atoms with Gasteiger partial charge in [-0.15, -0.1) is 0 Å². The van der Waals surface area contributed by atoms with E-state index >= 15 is 0 Å². The summed E-state index contributed by atoms with van der Waals surface area (Å²) in [7, 11) is 0. The lowest BCUT2D eigenvalue weighted by atomic mass is 9.89. The van der Waals surface area contributed by atoms with Crippen LogP contribution in [0.15, 0.2) is 18.7 Å². The van der Waals surface area contributed by atoms with Gasteiger partial charge in [-0.2, -0.15) is 0 Å². The predicted molar refractivity (Wildman–Crippen MR) is 40.7 cm³/mol. The zero-order valence-corrected chi connectivity index (χ0v) is 6.55. The molecule has 0 amide bonds. The standard InChI is InChI=1S/C8H12N2/c1-8(2,3)7-4-9-6-10-5-7/h4-6H,1-3H3/i4D. The van der Waals surface area contributed by atoms with Gasteiger partial charge < -0.3 is 0 Å². The average molecular weight is 137 g/mol. The van der Waals surface area contributed by atoms with E-state index in [0.717, 1.165) is 5.56 Å². The van der Waals surface area contributed by atoms with Crippen molar-refractivity contribution in [2.45, 2.75) is 26.2 Å². The van der Waals surface area contributed by atoms with E-state index in [-0.39, 0.29) is 5.41 Å². The van der Waals surface area contributed by atoms with Crippen LogP contribution in [0.4, 0.5) is 0 Å². The van der Waals surface area contributed by atoms with Gasteiger partial charge in [0.25, 0.3) is 0 Å². The molecule has 54 valence electrons. The summed E-state index contributed by atoms with van der Waals surface area (Å²) >= 11 is 0. The molecule has 0 atom stereocenters. The second-order valence-corrected chi connectivity index (χ2v) is 3.30. The molecule has 0 N–H and O–H groups in total. The highest BCUT2D eigenvalue weighted by atomic mass is 14.8. The molecule has 2 heteroatoms. The smallest absolute Gasteiger partial charge is 0.115 e. The first-order valence-corrected chi connectivity index (χ1v) is 3.29. The van der Waals surface area contributed by atoms with Crippen molar-refractivity contribution in [2.24, 2.45) is 0 Å². The van der Waals surface area contributed by atoms with Gasteiger partial charge in [-0.3, -0.25) is 0 Å². The molecule has 0 radical (unpaired) electrons. The van der Waals surface area contributed by atoms with Crippen LogP contribution in [-0.4, -0.2) is 9.97 Å². The fourth-order valence-corrected chi connectivity index (χ4v) is 0.630. The number of nitrogens with zero attached hydrogens (tertiary/aromatic N) is 2. The van der Waals surface area contributed by atoms with Crippen LogP contribution in [0.25, 0.3) is 0 Å². The summed E-state index contributed by atoms with van der Waals surface area (Å²) in [5, 5.41) is 0. The van der Waals surface area contributed by atoms with Gasteiger partial charge in [0.1, 0.15) is 6.33 Å². The largest absolute Gasteiger partial charge is 0.245 e. The molecule has 0 aliphatic carbocycles. The highest BCUT2D eigenvalue weighted by Gasteiger charge is 2.12. The molecular weight excluding hydrogens is 124 g/mol. The van der Waals surface area contributed by atoms with Crippen LogP contribution in [0.3, 0.4) is 0 Å². The number of hydrogen-bond donors (Lipinski definition) is 0. The van der Waals surface area contributed by atoms with E-state index in [1.54, 1.807) is 6.20 Å². The fourth-order valence-electron chi connectivity index (χ4n) is 0.630. The minimum Gasteiger partial charge on any atom is -0.245 e. The van der Waals surface area contributed by atoms with Gasteiger partial charge in [0, 0.05) is 12.4 Å². The Hall–Kier alpha value is -0.920. The quantitative estimate of drug-likeness (QED) is 0.544. The third-order valence-corrected chi connectivity index (χ3v) is 1.32. The molecule has 0 aliphatic heterocycles. The minimum absolute atomic E-state index is 0.0294. The first-order valence-electron chi connectivity index (χ1n) is 3.79. The Morgan fingerprint density at radius 3 is 2.50 bits per heavy atom. The molecule has 1 aromatic rings. The van der Waals surface area contributed by atoms with Crippen molar-refractivity contribution in [1.29, 1.82) is 0 Å².